The number of methoxy groups -OCH3 is 1. The van der Waals surface area contributed by atoms with Gasteiger partial charge in [0, 0.05) is 67.4 Å². The lowest BCUT2D eigenvalue weighted by Gasteiger charge is -2.34. The second-order valence-electron chi connectivity index (χ2n) is 9.21. The number of nitrogens with one attached hydrogen (secondary N) is 1. The minimum Gasteiger partial charge on any atom is -0.500 e. The first-order valence-corrected chi connectivity index (χ1v) is 12.8. The maximum atomic E-state index is 13.5. The number of carbonyl (C=O) groups excluding carboxylic acids is 3. The van der Waals surface area contributed by atoms with Crippen molar-refractivity contribution in [1.82, 2.24) is 24.8 Å². The number of H-pyrrole nitrogens is 1. The molecule has 39 heavy (non-hydrogen) atoms. The molecule has 0 spiro atoms. The fraction of sp³-hybridized carbons (Fsp3) is 0.276. The average molecular weight is 528 g/mol. The highest BCUT2D eigenvalue weighted by Crippen LogP contribution is 2.22. The molecule has 5 heterocycles. The summed E-state index contributed by atoms with van der Waals surface area (Å²) < 4.78 is 11.6. The highest BCUT2D eigenvalue weighted by molar-refractivity contribution is 6.42. The first-order chi connectivity index (χ1) is 18.9. The maximum absolute atomic E-state index is 13.5. The zero-order valence-electron chi connectivity index (χ0n) is 22.1. The van der Waals surface area contributed by atoms with Crippen LogP contribution >= 0.6 is 0 Å². The summed E-state index contributed by atoms with van der Waals surface area (Å²) >= 11 is 0. The molecule has 0 aromatic carbocycles. The van der Waals surface area contributed by atoms with Crippen LogP contribution < -0.4 is 10.6 Å². The molecule has 1 aliphatic heterocycles. The van der Waals surface area contributed by atoms with Crippen molar-refractivity contribution >= 4 is 39.9 Å². The van der Waals surface area contributed by atoms with Gasteiger partial charge in [-0.1, -0.05) is 13.0 Å². The van der Waals surface area contributed by atoms with Gasteiger partial charge in [0.25, 0.3) is 17.6 Å². The molecule has 4 aromatic rings. The third-order valence-corrected chi connectivity index (χ3v) is 6.97. The van der Waals surface area contributed by atoms with Gasteiger partial charge in [0.2, 0.25) is 0 Å². The van der Waals surface area contributed by atoms with Gasteiger partial charge in [0.1, 0.15) is 17.2 Å². The van der Waals surface area contributed by atoms with Crippen LogP contribution in [-0.2, 0) is 9.53 Å². The van der Waals surface area contributed by atoms with Gasteiger partial charge in [0.15, 0.2) is 5.58 Å². The number of nitrogens with zero attached hydrogens (tertiary/aromatic N) is 4. The monoisotopic (exact) mass is 527 g/mol. The Balaban J connectivity index is 1.44. The number of aromatic amines is 1. The number of ketones is 1. The molecule has 200 valence electrons. The number of aromatic nitrogens is 3. The predicted molar refractivity (Wildman–Crippen MR) is 144 cm³/mol. The SMILES string of the molecule is CC/C(OC)=c1/c(C(=O)C(=O)N2CCN(C(=O)c3ccccn3)CC2)c[nH]/c1=C(/C)c1cc2ccncc2o1. The standard InChI is InChI=1S/C29H29N5O5/c1-4-22(38-3)25-20(16-32-26(25)18(2)23-15-19-8-10-30-17-24(19)39-23)27(35)29(37)34-13-11-33(12-14-34)28(36)21-7-5-6-9-31-21/h5-10,15-17,32H,4,11-14H2,1-3H3/b25-22+,26-18-. The third kappa shape index (κ3) is 4.93. The molecule has 2 amide bonds. The molecular weight excluding hydrogens is 498 g/mol. The highest BCUT2D eigenvalue weighted by Gasteiger charge is 2.30. The van der Waals surface area contributed by atoms with Crippen LogP contribution in [0, 0.1) is 0 Å². The summed E-state index contributed by atoms with van der Waals surface area (Å²) in [6.45, 7) is 4.95. The van der Waals surface area contributed by atoms with Crippen molar-refractivity contribution < 1.29 is 23.5 Å². The van der Waals surface area contributed by atoms with Gasteiger partial charge in [-0.15, -0.1) is 0 Å². The zero-order valence-corrected chi connectivity index (χ0v) is 22.1. The fourth-order valence-electron chi connectivity index (χ4n) is 4.83. The van der Waals surface area contributed by atoms with Gasteiger partial charge in [-0.3, -0.25) is 24.4 Å². The number of ether oxygens (including phenoxy) is 1. The second kappa shape index (κ2) is 10.9. The van der Waals surface area contributed by atoms with E-state index >= 15 is 0 Å². The normalized spacial score (nSPS) is 15.3. The van der Waals surface area contributed by atoms with Crippen molar-refractivity contribution in [2.45, 2.75) is 20.3 Å². The van der Waals surface area contributed by atoms with Crippen LogP contribution in [-0.4, -0.2) is 75.6 Å². The van der Waals surface area contributed by atoms with Crippen LogP contribution in [0.25, 0.3) is 22.3 Å². The Morgan fingerprint density at radius 1 is 1.08 bits per heavy atom. The predicted octanol–water partition coefficient (Wildman–Crippen LogP) is 2.10. The molecule has 1 fully saturated rings. The summed E-state index contributed by atoms with van der Waals surface area (Å²) in [5.74, 6) is -0.259. The fourth-order valence-corrected chi connectivity index (χ4v) is 4.83. The van der Waals surface area contributed by atoms with Crippen molar-refractivity contribution in [1.29, 1.82) is 0 Å². The number of carbonyl (C=O) groups is 3. The summed E-state index contributed by atoms with van der Waals surface area (Å²) in [5.41, 5.74) is 2.00. The van der Waals surface area contributed by atoms with Crippen LogP contribution in [0.5, 0.6) is 0 Å². The Morgan fingerprint density at radius 3 is 2.51 bits per heavy atom. The van der Waals surface area contributed by atoms with Gasteiger partial charge in [-0.05, 0) is 31.2 Å². The highest BCUT2D eigenvalue weighted by atomic mass is 16.5. The zero-order chi connectivity index (χ0) is 27.5. The lowest BCUT2D eigenvalue weighted by Crippen LogP contribution is -2.52. The molecule has 1 aliphatic rings. The van der Waals surface area contributed by atoms with E-state index in [0.29, 0.717) is 52.9 Å². The van der Waals surface area contributed by atoms with Crippen molar-refractivity contribution in [3.8, 4) is 0 Å². The smallest absolute Gasteiger partial charge is 0.295 e. The van der Waals surface area contributed by atoms with Crippen molar-refractivity contribution in [3.63, 3.8) is 0 Å². The Bertz CT molecular complexity index is 1620. The molecule has 0 saturated carbocycles. The summed E-state index contributed by atoms with van der Waals surface area (Å²) in [6.07, 6.45) is 6.98. The number of hydrogen-bond acceptors (Lipinski definition) is 7. The number of rotatable bonds is 6. The average Bonchev–Trinajstić information content (AvgIpc) is 3.62. The number of pyridine rings is 2. The maximum Gasteiger partial charge on any atom is 0.295 e. The van der Waals surface area contributed by atoms with Crippen LogP contribution in [0.2, 0.25) is 0 Å². The van der Waals surface area contributed by atoms with E-state index < -0.39 is 11.7 Å². The van der Waals surface area contributed by atoms with E-state index in [1.807, 2.05) is 26.0 Å². The Hall–Kier alpha value is -4.73. The molecule has 1 N–H and O–H groups in total. The third-order valence-electron chi connectivity index (χ3n) is 6.97. The van der Waals surface area contributed by atoms with Crippen LogP contribution in [0.1, 0.15) is 46.9 Å². The topological polar surface area (TPSA) is 122 Å². The van der Waals surface area contributed by atoms with E-state index in [1.54, 1.807) is 55.0 Å². The Labute approximate surface area is 224 Å². The van der Waals surface area contributed by atoms with Crippen LogP contribution in [0.3, 0.4) is 0 Å². The largest absolute Gasteiger partial charge is 0.500 e. The Morgan fingerprint density at radius 2 is 1.85 bits per heavy atom. The van der Waals surface area contributed by atoms with E-state index in [9.17, 15) is 14.4 Å². The number of Topliss-reactive ketones (excluding diaryl/α,β-unsaturated/α-hetero) is 1. The molecule has 5 rings (SSSR count). The molecule has 10 nitrogen and oxygen atoms in total. The summed E-state index contributed by atoms with van der Waals surface area (Å²) in [6, 6.07) is 8.94. The summed E-state index contributed by atoms with van der Waals surface area (Å²) in [7, 11) is 1.55. The number of fused-ring (bicyclic) bond motifs is 1. The van der Waals surface area contributed by atoms with Crippen LogP contribution in [0.15, 0.2) is 59.5 Å². The minimum absolute atomic E-state index is 0.193. The number of furan rings is 1. The number of amides is 2. The van der Waals surface area contributed by atoms with Gasteiger partial charge in [-0.2, -0.15) is 0 Å². The molecule has 0 aliphatic carbocycles. The first-order valence-electron chi connectivity index (χ1n) is 12.8. The number of hydrogen-bond donors (Lipinski definition) is 1. The van der Waals surface area contributed by atoms with E-state index in [0.717, 1.165) is 11.0 Å². The second-order valence-corrected chi connectivity index (χ2v) is 9.21. The molecule has 0 radical (unpaired) electrons. The quantitative estimate of drug-likeness (QED) is 0.301. The van der Waals surface area contributed by atoms with Gasteiger partial charge < -0.3 is 23.9 Å². The van der Waals surface area contributed by atoms with Crippen LogP contribution in [0.4, 0.5) is 0 Å². The Kier molecular flexibility index (Phi) is 7.27. The van der Waals surface area contributed by atoms with Gasteiger partial charge >= 0.3 is 0 Å². The molecular formula is C29H29N5O5. The van der Waals surface area contributed by atoms with E-state index in [-0.39, 0.29) is 24.6 Å². The van der Waals surface area contributed by atoms with E-state index in [1.165, 1.54) is 4.90 Å². The van der Waals surface area contributed by atoms with Crippen molar-refractivity contribution in [3.05, 3.63) is 82.7 Å². The van der Waals surface area contributed by atoms with Gasteiger partial charge in [0.05, 0.1) is 24.2 Å². The van der Waals surface area contributed by atoms with Crippen molar-refractivity contribution in [2.75, 3.05) is 33.3 Å². The lowest BCUT2D eigenvalue weighted by molar-refractivity contribution is -0.127. The molecule has 0 bridgehead atoms. The first kappa shape index (κ1) is 25.9. The molecule has 0 atom stereocenters. The molecule has 4 aromatic heterocycles. The number of piperazine rings is 1. The molecule has 1 saturated heterocycles. The summed E-state index contributed by atoms with van der Waals surface area (Å²) in [5, 5.41) is 2.09. The van der Waals surface area contributed by atoms with E-state index in [4.69, 9.17) is 9.15 Å². The minimum atomic E-state index is -0.637. The molecule has 10 heteroatoms. The summed E-state index contributed by atoms with van der Waals surface area (Å²) in [4.78, 5) is 54.1. The van der Waals surface area contributed by atoms with Gasteiger partial charge in [-0.25, -0.2) is 0 Å². The van der Waals surface area contributed by atoms with E-state index in [2.05, 4.69) is 15.0 Å². The lowest BCUT2D eigenvalue weighted by atomic mass is 10.1. The van der Waals surface area contributed by atoms with Crippen molar-refractivity contribution in [2.24, 2.45) is 0 Å². The molecule has 0 unspecified atom stereocenters.